The number of carbonyl (C=O) groups is 1. The Bertz CT molecular complexity index is 469. The van der Waals surface area contributed by atoms with Crippen LogP contribution in [0.15, 0.2) is 11.0 Å². The number of Topliss-reactive ketones (excluding diaryl/α,β-unsaturated/α-hetero) is 1. The van der Waals surface area contributed by atoms with Crippen LogP contribution in [-0.2, 0) is 0 Å². The molecule has 0 amide bonds. The van der Waals surface area contributed by atoms with Crippen LogP contribution >= 0.6 is 0 Å². The predicted molar refractivity (Wildman–Crippen MR) is 67.4 cm³/mol. The second kappa shape index (κ2) is 4.69. The summed E-state index contributed by atoms with van der Waals surface area (Å²) >= 11 is 0. The maximum absolute atomic E-state index is 11.9. The molecule has 2 N–H and O–H groups in total. The van der Waals surface area contributed by atoms with Crippen molar-refractivity contribution in [3.63, 3.8) is 0 Å². The van der Waals surface area contributed by atoms with E-state index in [9.17, 15) is 9.59 Å². The first kappa shape index (κ1) is 13.4. The number of rotatable bonds is 3. The van der Waals surface area contributed by atoms with Crippen LogP contribution in [0.1, 0.15) is 45.0 Å². The molecule has 0 radical (unpaired) electrons. The lowest BCUT2D eigenvalue weighted by Gasteiger charge is -2.16. The van der Waals surface area contributed by atoms with Crippen molar-refractivity contribution in [1.82, 2.24) is 9.97 Å². The van der Waals surface area contributed by atoms with Crippen molar-refractivity contribution < 1.29 is 4.79 Å². The predicted octanol–water partition coefficient (Wildman–Crippen LogP) is 1.82. The van der Waals surface area contributed by atoms with E-state index in [4.69, 9.17) is 0 Å². The number of hydrogen-bond donors (Lipinski definition) is 2. The molecule has 0 atom stereocenters. The minimum absolute atomic E-state index is 0.104. The Morgan fingerprint density at radius 3 is 2.41 bits per heavy atom. The van der Waals surface area contributed by atoms with Gasteiger partial charge in [0, 0.05) is 17.7 Å². The summed E-state index contributed by atoms with van der Waals surface area (Å²) in [5.41, 5.74) is -0.878. The number of anilines is 1. The van der Waals surface area contributed by atoms with E-state index in [0.29, 0.717) is 5.95 Å². The number of carbonyl (C=O) groups excluding carboxylic acids is 1. The van der Waals surface area contributed by atoms with Crippen LogP contribution < -0.4 is 10.9 Å². The Labute approximate surface area is 101 Å². The van der Waals surface area contributed by atoms with Crippen LogP contribution in [0.3, 0.4) is 0 Å². The lowest BCUT2D eigenvalue weighted by Crippen LogP contribution is -2.29. The summed E-state index contributed by atoms with van der Waals surface area (Å²) in [6, 6.07) is 0.169. The quantitative estimate of drug-likeness (QED) is 0.786. The van der Waals surface area contributed by atoms with Gasteiger partial charge in [-0.3, -0.25) is 14.6 Å². The summed E-state index contributed by atoms with van der Waals surface area (Å²) in [4.78, 5) is 30.3. The van der Waals surface area contributed by atoms with Gasteiger partial charge in [-0.1, -0.05) is 20.8 Å². The first-order chi connectivity index (χ1) is 7.71. The lowest BCUT2D eigenvalue weighted by molar-refractivity contribution is 0.0856. The van der Waals surface area contributed by atoms with E-state index in [2.05, 4.69) is 15.3 Å². The SMILES string of the molecule is CC(C)Nc1ncc(C(=O)C(C)(C)C)c(=O)[nH]1. The maximum atomic E-state index is 11.9. The van der Waals surface area contributed by atoms with Crippen molar-refractivity contribution in [2.45, 2.75) is 40.7 Å². The summed E-state index contributed by atoms with van der Waals surface area (Å²) in [6.45, 7) is 9.20. The lowest BCUT2D eigenvalue weighted by atomic mass is 9.87. The third-order valence-electron chi connectivity index (χ3n) is 2.15. The highest BCUT2D eigenvalue weighted by Gasteiger charge is 2.25. The number of ketones is 1. The molecule has 1 heterocycles. The third-order valence-corrected chi connectivity index (χ3v) is 2.15. The Hall–Kier alpha value is -1.65. The van der Waals surface area contributed by atoms with Crippen molar-refractivity contribution in [2.24, 2.45) is 5.41 Å². The molecule has 0 aromatic carbocycles. The molecule has 0 saturated heterocycles. The normalized spacial score (nSPS) is 11.6. The second-order valence-electron chi connectivity index (χ2n) is 5.35. The van der Waals surface area contributed by atoms with E-state index < -0.39 is 11.0 Å². The standard InChI is InChI=1S/C12H19N3O2/c1-7(2)14-11-13-6-8(10(17)15-11)9(16)12(3,4)5/h6-7H,1-5H3,(H2,13,14,15,17). The molecule has 0 bridgehead atoms. The fourth-order valence-electron chi connectivity index (χ4n) is 1.31. The van der Waals surface area contributed by atoms with E-state index in [1.54, 1.807) is 20.8 Å². The van der Waals surface area contributed by atoms with Gasteiger partial charge in [0.1, 0.15) is 5.56 Å². The van der Waals surface area contributed by atoms with Gasteiger partial charge in [0.15, 0.2) is 5.78 Å². The zero-order valence-corrected chi connectivity index (χ0v) is 10.9. The molecule has 17 heavy (non-hydrogen) atoms. The minimum atomic E-state index is -0.582. The van der Waals surface area contributed by atoms with Gasteiger partial charge in [0.25, 0.3) is 5.56 Å². The van der Waals surface area contributed by atoms with Crippen molar-refractivity contribution >= 4 is 11.7 Å². The molecular weight excluding hydrogens is 218 g/mol. The van der Waals surface area contributed by atoms with Gasteiger partial charge in [-0.15, -0.1) is 0 Å². The molecule has 0 spiro atoms. The smallest absolute Gasteiger partial charge is 0.263 e. The zero-order valence-electron chi connectivity index (χ0n) is 10.9. The summed E-state index contributed by atoms with van der Waals surface area (Å²) in [6.07, 6.45) is 1.33. The van der Waals surface area contributed by atoms with Gasteiger partial charge in [0.05, 0.1) is 0 Å². The van der Waals surface area contributed by atoms with E-state index in [0.717, 1.165) is 0 Å². The number of aromatic amines is 1. The molecular formula is C12H19N3O2. The molecule has 0 aliphatic carbocycles. The van der Waals surface area contributed by atoms with Gasteiger partial charge < -0.3 is 5.32 Å². The molecule has 0 aliphatic heterocycles. The Morgan fingerprint density at radius 2 is 2.00 bits per heavy atom. The Morgan fingerprint density at radius 1 is 1.41 bits per heavy atom. The van der Waals surface area contributed by atoms with Crippen molar-refractivity contribution in [2.75, 3.05) is 5.32 Å². The number of nitrogens with one attached hydrogen (secondary N) is 2. The average Bonchev–Trinajstić information content (AvgIpc) is 2.14. The molecule has 5 heteroatoms. The van der Waals surface area contributed by atoms with E-state index >= 15 is 0 Å². The van der Waals surface area contributed by atoms with Crippen molar-refractivity contribution in [1.29, 1.82) is 0 Å². The van der Waals surface area contributed by atoms with Gasteiger partial charge in [-0.2, -0.15) is 0 Å². The van der Waals surface area contributed by atoms with Crippen LogP contribution in [0, 0.1) is 5.41 Å². The zero-order chi connectivity index (χ0) is 13.2. The second-order valence-corrected chi connectivity index (χ2v) is 5.35. The van der Waals surface area contributed by atoms with Crippen molar-refractivity contribution in [3.05, 3.63) is 22.1 Å². The molecule has 0 fully saturated rings. The largest absolute Gasteiger partial charge is 0.354 e. The van der Waals surface area contributed by atoms with Crippen LogP contribution in [0.4, 0.5) is 5.95 Å². The monoisotopic (exact) mass is 237 g/mol. The first-order valence-electron chi connectivity index (χ1n) is 5.62. The number of H-pyrrole nitrogens is 1. The molecule has 1 aromatic heterocycles. The summed E-state index contributed by atoms with van der Waals surface area (Å²) in [5, 5.41) is 2.97. The number of hydrogen-bond acceptors (Lipinski definition) is 4. The molecule has 1 rings (SSSR count). The summed E-state index contributed by atoms with van der Waals surface area (Å²) < 4.78 is 0. The first-order valence-corrected chi connectivity index (χ1v) is 5.62. The topological polar surface area (TPSA) is 74.8 Å². The molecule has 5 nitrogen and oxygen atoms in total. The van der Waals surface area contributed by atoms with Crippen LogP contribution in [0.2, 0.25) is 0 Å². The van der Waals surface area contributed by atoms with Crippen LogP contribution in [-0.4, -0.2) is 21.8 Å². The Balaban J connectivity index is 3.07. The number of nitrogens with zero attached hydrogens (tertiary/aromatic N) is 1. The number of aromatic nitrogens is 2. The minimum Gasteiger partial charge on any atom is -0.354 e. The summed E-state index contributed by atoms with van der Waals surface area (Å²) in [7, 11) is 0. The molecule has 0 unspecified atom stereocenters. The van der Waals surface area contributed by atoms with E-state index in [1.807, 2.05) is 13.8 Å². The Kier molecular flexibility index (Phi) is 3.70. The highest BCUT2D eigenvalue weighted by Crippen LogP contribution is 2.18. The average molecular weight is 237 g/mol. The fourth-order valence-corrected chi connectivity index (χ4v) is 1.31. The van der Waals surface area contributed by atoms with Gasteiger partial charge in [0.2, 0.25) is 5.95 Å². The highest BCUT2D eigenvalue weighted by atomic mass is 16.1. The van der Waals surface area contributed by atoms with Gasteiger partial charge in [-0.05, 0) is 13.8 Å². The van der Waals surface area contributed by atoms with E-state index in [-0.39, 0.29) is 17.4 Å². The fraction of sp³-hybridized carbons (Fsp3) is 0.583. The molecule has 0 aliphatic rings. The molecule has 1 aromatic rings. The summed E-state index contributed by atoms with van der Waals surface area (Å²) in [5.74, 6) is 0.179. The van der Waals surface area contributed by atoms with Crippen LogP contribution in [0.5, 0.6) is 0 Å². The molecule has 94 valence electrons. The molecule has 0 saturated carbocycles. The maximum Gasteiger partial charge on any atom is 0.263 e. The van der Waals surface area contributed by atoms with Gasteiger partial charge in [-0.25, -0.2) is 4.98 Å². The van der Waals surface area contributed by atoms with E-state index in [1.165, 1.54) is 6.20 Å². The third kappa shape index (κ3) is 3.41. The van der Waals surface area contributed by atoms with Crippen LogP contribution in [0.25, 0.3) is 0 Å². The highest BCUT2D eigenvalue weighted by molar-refractivity contribution is 5.99. The van der Waals surface area contributed by atoms with Gasteiger partial charge >= 0.3 is 0 Å². The van der Waals surface area contributed by atoms with Crippen molar-refractivity contribution in [3.8, 4) is 0 Å².